The Morgan fingerprint density at radius 2 is 2.07 bits per heavy atom. The average molecular weight is 403 g/mol. The Labute approximate surface area is 168 Å². The average Bonchev–Trinajstić information content (AvgIpc) is 2.92. The molecule has 8 heteroatoms. The number of methoxy groups -OCH3 is 1. The van der Waals surface area contributed by atoms with E-state index in [0.717, 1.165) is 16.7 Å². The van der Waals surface area contributed by atoms with E-state index in [-0.39, 0.29) is 24.0 Å². The maximum absolute atomic E-state index is 12.5. The van der Waals surface area contributed by atoms with Gasteiger partial charge in [-0.2, -0.15) is 0 Å². The smallest absolute Gasteiger partial charge is 0.326 e. The number of hydrogen-bond donors (Lipinski definition) is 0. The summed E-state index contributed by atoms with van der Waals surface area (Å²) >= 11 is 0.767. The van der Waals surface area contributed by atoms with Gasteiger partial charge in [0, 0.05) is 0 Å². The molecular weight excluding hydrogens is 382 g/mol. The second kappa shape index (κ2) is 9.85. The minimum Gasteiger partial charge on any atom is -0.493 e. The summed E-state index contributed by atoms with van der Waals surface area (Å²) in [4.78, 5) is 37.5. The van der Waals surface area contributed by atoms with Gasteiger partial charge in [-0.3, -0.25) is 19.3 Å². The lowest BCUT2D eigenvalue weighted by molar-refractivity contribution is -0.147. The quantitative estimate of drug-likeness (QED) is 0.375. The number of benzene rings is 1. The van der Waals surface area contributed by atoms with Gasteiger partial charge in [0.2, 0.25) is 0 Å². The van der Waals surface area contributed by atoms with Crippen molar-refractivity contribution >= 4 is 35.0 Å². The Morgan fingerprint density at radius 1 is 1.32 bits per heavy atom. The van der Waals surface area contributed by atoms with Crippen LogP contribution in [0, 0.1) is 18.3 Å². The van der Waals surface area contributed by atoms with Gasteiger partial charge in [-0.1, -0.05) is 25.8 Å². The lowest BCUT2D eigenvalue weighted by Crippen LogP contribution is -2.34. The van der Waals surface area contributed by atoms with Crippen LogP contribution in [-0.2, 0) is 14.3 Å². The topological polar surface area (TPSA) is 82.1 Å². The minimum atomic E-state index is -0.617. The molecule has 0 spiro atoms. The van der Waals surface area contributed by atoms with Crippen LogP contribution in [0.1, 0.15) is 19.4 Å². The highest BCUT2D eigenvalue weighted by molar-refractivity contribution is 8.18. The molecule has 0 saturated carbocycles. The summed E-state index contributed by atoms with van der Waals surface area (Å²) in [5.41, 5.74) is 0.637. The SMILES string of the molecule is C#CCOc1ccc(/C=C2\SC(=O)N(CC(=O)OCC(C)C)C2=O)cc1OC. The molecule has 1 saturated heterocycles. The number of esters is 1. The van der Waals surface area contributed by atoms with Crippen LogP contribution in [0.5, 0.6) is 11.5 Å². The zero-order valence-electron chi connectivity index (χ0n) is 15.9. The Morgan fingerprint density at radius 3 is 2.71 bits per heavy atom. The van der Waals surface area contributed by atoms with Crippen LogP contribution in [0.4, 0.5) is 4.79 Å². The second-order valence-corrected chi connectivity index (χ2v) is 7.24. The van der Waals surface area contributed by atoms with Crippen LogP contribution in [0.15, 0.2) is 23.1 Å². The molecule has 1 heterocycles. The molecule has 0 radical (unpaired) electrons. The molecule has 28 heavy (non-hydrogen) atoms. The van der Waals surface area contributed by atoms with Crippen LogP contribution in [-0.4, -0.2) is 48.9 Å². The molecule has 1 aliphatic rings. The number of terminal acetylenes is 1. The number of rotatable bonds is 8. The van der Waals surface area contributed by atoms with Crippen LogP contribution >= 0.6 is 11.8 Å². The van der Waals surface area contributed by atoms with Crippen molar-refractivity contribution in [2.45, 2.75) is 13.8 Å². The van der Waals surface area contributed by atoms with Crippen LogP contribution in [0.2, 0.25) is 0 Å². The van der Waals surface area contributed by atoms with Gasteiger partial charge in [0.15, 0.2) is 11.5 Å². The fraction of sp³-hybridized carbons (Fsp3) is 0.350. The largest absolute Gasteiger partial charge is 0.493 e. The number of imide groups is 1. The predicted molar refractivity (Wildman–Crippen MR) is 106 cm³/mol. The Balaban J connectivity index is 2.12. The van der Waals surface area contributed by atoms with E-state index in [1.165, 1.54) is 7.11 Å². The number of hydrogen-bond acceptors (Lipinski definition) is 7. The lowest BCUT2D eigenvalue weighted by atomic mass is 10.2. The fourth-order valence-corrected chi connectivity index (χ4v) is 3.07. The first kappa shape index (κ1) is 21.4. The van der Waals surface area contributed by atoms with Crippen molar-refractivity contribution in [1.29, 1.82) is 0 Å². The normalized spacial score (nSPS) is 15.1. The van der Waals surface area contributed by atoms with Gasteiger partial charge in [-0.05, 0) is 41.5 Å². The number of carbonyl (C=O) groups is 3. The molecule has 148 valence electrons. The highest BCUT2D eigenvalue weighted by Gasteiger charge is 2.36. The first-order chi connectivity index (χ1) is 13.3. The number of thioether (sulfide) groups is 1. The zero-order chi connectivity index (χ0) is 20.7. The summed E-state index contributed by atoms with van der Waals surface area (Å²) in [6.07, 6.45) is 6.73. The molecule has 1 aromatic rings. The van der Waals surface area contributed by atoms with Crippen LogP contribution < -0.4 is 9.47 Å². The Hall–Kier alpha value is -2.92. The van der Waals surface area contributed by atoms with Gasteiger partial charge in [0.1, 0.15) is 13.2 Å². The monoisotopic (exact) mass is 403 g/mol. The van der Waals surface area contributed by atoms with E-state index in [1.54, 1.807) is 24.3 Å². The van der Waals surface area contributed by atoms with E-state index in [1.807, 2.05) is 13.8 Å². The number of ether oxygens (including phenoxy) is 3. The second-order valence-electron chi connectivity index (χ2n) is 6.25. The number of nitrogens with zero attached hydrogens (tertiary/aromatic N) is 1. The van der Waals surface area contributed by atoms with E-state index in [4.69, 9.17) is 20.6 Å². The molecular formula is C20H21NO6S. The summed E-state index contributed by atoms with van der Waals surface area (Å²) in [6.45, 7) is 3.72. The Kier molecular flexibility index (Phi) is 7.52. The van der Waals surface area contributed by atoms with Crippen molar-refractivity contribution in [2.75, 3.05) is 26.9 Å². The summed E-state index contributed by atoms with van der Waals surface area (Å²) < 4.78 is 15.7. The number of carbonyl (C=O) groups excluding carboxylic acids is 3. The van der Waals surface area contributed by atoms with Crippen LogP contribution in [0.3, 0.4) is 0 Å². The zero-order valence-corrected chi connectivity index (χ0v) is 16.7. The maximum Gasteiger partial charge on any atom is 0.326 e. The van der Waals surface area contributed by atoms with E-state index >= 15 is 0 Å². The first-order valence-corrected chi connectivity index (χ1v) is 9.32. The molecule has 0 aliphatic carbocycles. The molecule has 0 atom stereocenters. The third-order valence-electron chi connectivity index (χ3n) is 3.53. The van der Waals surface area contributed by atoms with E-state index < -0.39 is 23.7 Å². The maximum atomic E-state index is 12.5. The van der Waals surface area contributed by atoms with Crippen molar-refractivity contribution in [3.63, 3.8) is 0 Å². The Bertz CT molecular complexity index is 840. The predicted octanol–water partition coefficient (Wildman–Crippen LogP) is 2.94. The van der Waals surface area contributed by atoms with E-state index in [2.05, 4.69) is 5.92 Å². The third kappa shape index (κ3) is 5.54. The molecule has 1 aliphatic heterocycles. The molecule has 7 nitrogen and oxygen atoms in total. The molecule has 0 unspecified atom stereocenters. The van der Waals surface area contributed by atoms with Crippen molar-refractivity contribution < 1.29 is 28.6 Å². The first-order valence-electron chi connectivity index (χ1n) is 8.51. The molecule has 0 bridgehead atoms. The molecule has 0 N–H and O–H groups in total. The summed E-state index contributed by atoms with van der Waals surface area (Å²) in [6, 6.07) is 5.03. The van der Waals surface area contributed by atoms with Gasteiger partial charge in [0.05, 0.1) is 18.6 Å². The van der Waals surface area contributed by atoms with Crippen LogP contribution in [0.25, 0.3) is 6.08 Å². The van der Waals surface area contributed by atoms with Gasteiger partial charge >= 0.3 is 5.97 Å². The summed E-state index contributed by atoms with van der Waals surface area (Å²) in [5, 5.41) is -0.515. The van der Waals surface area contributed by atoms with Gasteiger partial charge in [-0.15, -0.1) is 6.42 Å². The minimum absolute atomic E-state index is 0.0987. The molecule has 1 fully saturated rings. The van der Waals surface area contributed by atoms with Gasteiger partial charge < -0.3 is 14.2 Å². The van der Waals surface area contributed by atoms with Gasteiger partial charge in [-0.25, -0.2) is 0 Å². The highest BCUT2D eigenvalue weighted by Crippen LogP contribution is 2.34. The summed E-state index contributed by atoms with van der Waals surface area (Å²) in [7, 11) is 1.48. The van der Waals surface area contributed by atoms with Crippen molar-refractivity contribution in [3.05, 3.63) is 28.7 Å². The number of amides is 2. The van der Waals surface area contributed by atoms with Crippen molar-refractivity contribution in [1.82, 2.24) is 4.90 Å². The van der Waals surface area contributed by atoms with Crippen molar-refractivity contribution in [3.8, 4) is 23.8 Å². The molecule has 2 rings (SSSR count). The third-order valence-corrected chi connectivity index (χ3v) is 4.44. The standard InChI is InChI=1S/C20H21NO6S/c1-5-8-26-15-7-6-14(9-16(15)25-4)10-17-19(23)21(20(24)28-17)11-18(22)27-12-13(2)3/h1,6-7,9-10,13H,8,11-12H2,2-4H3/b17-10-. The van der Waals surface area contributed by atoms with Gasteiger partial charge in [0.25, 0.3) is 11.1 Å². The fourth-order valence-electron chi connectivity index (χ4n) is 2.23. The van der Waals surface area contributed by atoms with E-state index in [9.17, 15) is 14.4 Å². The molecule has 0 aromatic heterocycles. The molecule has 1 aromatic carbocycles. The highest BCUT2D eigenvalue weighted by atomic mass is 32.2. The molecule has 2 amide bonds. The van der Waals surface area contributed by atoms with Crippen molar-refractivity contribution in [2.24, 2.45) is 5.92 Å². The lowest BCUT2D eigenvalue weighted by Gasteiger charge is -2.12. The summed E-state index contributed by atoms with van der Waals surface area (Å²) in [5.74, 6) is 2.30. The van der Waals surface area contributed by atoms with E-state index in [0.29, 0.717) is 17.1 Å².